The van der Waals surface area contributed by atoms with Crippen molar-refractivity contribution in [2.75, 3.05) is 0 Å². The van der Waals surface area contributed by atoms with Gasteiger partial charge in [0.05, 0.1) is 5.56 Å². The van der Waals surface area contributed by atoms with Crippen LogP contribution in [-0.2, 0) is 11.5 Å². The van der Waals surface area contributed by atoms with Crippen LogP contribution >= 0.6 is 27.5 Å². The van der Waals surface area contributed by atoms with Crippen LogP contribution in [0.1, 0.15) is 23.2 Å². The quantitative estimate of drug-likeness (QED) is 0.440. The van der Waals surface area contributed by atoms with Crippen LogP contribution < -0.4 is 0 Å². The van der Waals surface area contributed by atoms with E-state index in [0.29, 0.717) is 6.07 Å². The minimum absolute atomic E-state index is 0.232. The molecule has 1 aromatic heterocycles. The molecule has 0 aliphatic heterocycles. The first kappa shape index (κ1) is 13.6. The molecule has 8 heteroatoms. The molecule has 0 aliphatic rings. The maximum atomic E-state index is 12.5. The van der Waals surface area contributed by atoms with Crippen LogP contribution in [0, 0.1) is 0 Å². The van der Waals surface area contributed by atoms with Gasteiger partial charge in [-0.25, -0.2) is 13.8 Å². The van der Waals surface area contributed by atoms with Gasteiger partial charge in [0.15, 0.2) is 0 Å². The summed E-state index contributed by atoms with van der Waals surface area (Å²) in [5.74, 6) is 0. The van der Waals surface area contributed by atoms with E-state index >= 15 is 0 Å². The Morgan fingerprint density at radius 1 is 1.38 bits per heavy atom. The third-order valence-electron chi connectivity index (χ3n) is 1.73. The molecule has 0 amide bonds. The molecule has 90 valence electrons. The number of pyridine rings is 1. The van der Waals surface area contributed by atoms with Gasteiger partial charge in [-0.1, -0.05) is 27.5 Å². The highest BCUT2D eigenvalue weighted by Crippen LogP contribution is 2.38. The fourth-order valence-corrected chi connectivity index (χ4v) is 1.87. The van der Waals surface area contributed by atoms with Crippen molar-refractivity contribution in [1.29, 1.82) is 0 Å². The highest BCUT2D eigenvalue weighted by Gasteiger charge is 2.37. The van der Waals surface area contributed by atoms with Crippen molar-refractivity contribution in [1.82, 2.24) is 4.98 Å². The molecule has 1 rings (SSSR count). The summed E-state index contributed by atoms with van der Waals surface area (Å²) < 4.78 is 62.0. The van der Waals surface area contributed by atoms with Crippen LogP contribution in [0.3, 0.4) is 0 Å². The number of halogens is 7. The van der Waals surface area contributed by atoms with E-state index in [-0.39, 0.29) is 10.9 Å². The number of hydrogen-bond acceptors (Lipinski definition) is 1. The molecule has 0 fully saturated rings. The summed E-state index contributed by atoms with van der Waals surface area (Å²) in [7, 11) is 0. The molecule has 0 bridgehead atoms. The standard InChI is InChI=1S/C8H4BrClF5N/c9-2-3-1-4(7(11)12)16-6(10)5(3)8(13,14)15/h1,7H,2H2. The lowest BCUT2D eigenvalue weighted by Crippen LogP contribution is -2.12. The highest BCUT2D eigenvalue weighted by atomic mass is 79.9. The van der Waals surface area contributed by atoms with Crippen LogP contribution in [0.5, 0.6) is 0 Å². The Balaban J connectivity index is 3.41. The van der Waals surface area contributed by atoms with E-state index in [1.54, 1.807) is 0 Å². The van der Waals surface area contributed by atoms with Crippen molar-refractivity contribution in [3.05, 3.63) is 28.0 Å². The predicted molar refractivity (Wildman–Crippen MR) is 51.8 cm³/mol. The SMILES string of the molecule is FC(F)c1cc(CBr)c(C(F)(F)F)c(Cl)n1. The van der Waals surface area contributed by atoms with Crippen LogP contribution in [0.4, 0.5) is 22.0 Å². The monoisotopic (exact) mass is 323 g/mol. The Labute approximate surface area is 101 Å². The second-order valence-electron chi connectivity index (χ2n) is 2.80. The first-order valence-corrected chi connectivity index (χ1v) is 5.38. The van der Waals surface area contributed by atoms with Crippen molar-refractivity contribution in [2.24, 2.45) is 0 Å². The molecule has 1 nitrogen and oxygen atoms in total. The smallest absolute Gasteiger partial charge is 0.234 e. The first-order chi connectivity index (χ1) is 7.27. The van der Waals surface area contributed by atoms with Crippen LogP contribution in [0.15, 0.2) is 6.07 Å². The number of hydrogen-bond donors (Lipinski definition) is 0. The number of rotatable bonds is 2. The number of alkyl halides is 6. The second kappa shape index (κ2) is 4.83. The zero-order chi connectivity index (χ0) is 12.5. The molecular formula is C8H4BrClF5N. The number of nitrogens with zero attached hydrogens (tertiary/aromatic N) is 1. The predicted octanol–water partition coefficient (Wildman–Crippen LogP) is 4.59. The summed E-state index contributed by atoms with van der Waals surface area (Å²) in [5.41, 5.74) is -2.31. The van der Waals surface area contributed by atoms with Gasteiger partial charge in [-0.2, -0.15) is 13.2 Å². The average molecular weight is 324 g/mol. The molecule has 0 atom stereocenters. The molecule has 0 unspecified atom stereocenters. The lowest BCUT2D eigenvalue weighted by Gasteiger charge is -2.13. The molecule has 0 saturated heterocycles. The topological polar surface area (TPSA) is 12.9 Å². The van der Waals surface area contributed by atoms with Crippen molar-refractivity contribution in [3.63, 3.8) is 0 Å². The Kier molecular flexibility index (Phi) is 4.12. The molecular weight excluding hydrogens is 320 g/mol. The van der Waals surface area contributed by atoms with Gasteiger partial charge in [-0.05, 0) is 11.6 Å². The van der Waals surface area contributed by atoms with Crippen LogP contribution in [0.25, 0.3) is 0 Å². The van der Waals surface area contributed by atoms with E-state index < -0.39 is 29.0 Å². The zero-order valence-electron chi connectivity index (χ0n) is 7.45. The lowest BCUT2D eigenvalue weighted by atomic mass is 10.1. The molecule has 0 spiro atoms. The van der Waals surface area contributed by atoms with E-state index in [1.807, 2.05) is 0 Å². The van der Waals surface area contributed by atoms with Crippen LogP contribution in [-0.4, -0.2) is 4.98 Å². The van der Waals surface area contributed by atoms with E-state index in [2.05, 4.69) is 20.9 Å². The Morgan fingerprint density at radius 2 is 1.94 bits per heavy atom. The molecule has 1 aromatic rings. The van der Waals surface area contributed by atoms with E-state index in [4.69, 9.17) is 11.6 Å². The minimum Gasteiger partial charge on any atom is -0.234 e. The summed E-state index contributed by atoms with van der Waals surface area (Å²) >= 11 is 8.04. The molecule has 16 heavy (non-hydrogen) atoms. The van der Waals surface area contributed by atoms with E-state index in [0.717, 1.165) is 0 Å². The largest absolute Gasteiger partial charge is 0.419 e. The van der Waals surface area contributed by atoms with Gasteiger partial charge < -0.3 is 0 Å². The normalized spacial score (nSPS) is 12.2. The third kappa shape index (κ3) is 2.82. The Morgan fingerprint density at radius 3 is 2.31 bits per heavy atom. The molecule has 0 saturated carbocycles. The fourth-order valence-electron chi connectivity index (χ4n) is 1.10. The summed E-state index contributed by atoms with van der Waals surface area (Å²) in [6.45, 7) is 0. The average Bonchev–Trinajstić information content (AvgIpc) is 2.14. The Bertz CT molecular complexity index is 393. The summed E-state index contributed by atoms with van der Waals surface area (Å²) in [6.07, 6.45) is -7.68. The van der Waals surface area contributed by atoms with Crippen molar-refractivity contribution in [3.8, 4) is 0 Å². The van der Waals surface area contributed by atoms with E-state index in [9.17, 15) is 22.0 Å². The van der Waals surface area contributed by atoms with Gasteiger partial charge in [-0.15, -0.1) is 0 Å². The molecule has 0 aliphatic carbocycles. The van der Waals surface area contributed by atoms with Crippen LogP contribution in [0.2, 0.25) is 5.15 Å². The van der Waals surface area contributed by atoms with Gasteiger partial charge in [0, 0.05) is 5.33 Å². The molecule has 1 heterocycles. The van der Waals surface area contributed by atoms with Gasteiger partial charge in [0.2, 0.25) is 0 Å². The lowest BCUT2D eigenvalue weighted by molar-refractivity contribution is -0.138. The number of aromatic nitrogens is 1. The van der Waals surface area contributed by atoms with Gasteiger partial charge in [0.25, 0.3) is 6.43 Å². The van der Waals surface area contributed by atoms with Crippen molar-refractivity contribution < 1.29 is 22.0 Å². The first-order valence-electron chi connectivity index (χ1n) is 3.88. The zero-order valence-corrected chi connectivity index (χ0v) is 9.80. The summed E-state index contributed by atoms with van der Waals surface area (Å²) in [5, 5.41) is -1.19. The van der Waals surface area contributed by atoms with Crippen molar-refractivity contribution >= 4 is 27.5 Å². The summed E-state index contributed by atoms with van der Waals surface area (Å²) in [6, 6.07) is 0.689. The third-order valence-corrected chi connectivity index (χ3v) is 2.61. The minimum atomic E-state index is -4.71. The fraction of sp³-hybridized carbons (Fsp3) is 0.375. The van der Waals surface area contributed by atoms with Crippen molar-refractivity contribution in [2.45, 2.75) is 17.9 Å². The van der Waals surface area contributed by atoms with Gasteiger partial charge in [0.1, 0.15) is 10.8 Å². The summed E-state index contributed by atoms with van der Waals surface area (Å²) in [4.78, 5) is 3.02. The molecule has 0 radical (unpaired) electrons. The Hall–Kier alpha value is -0.430. The van der Waals surface area contributed by atoms with Gasteiger partial charge >= 0.3 is 6.18 Å². The van der Waals surface area contributed by atoms with Gasteiger partial charge in [-0.3, -0.25) is 0 Å². The maximum absolute atomic E-state index is 12.5. The maximum Gasteiger partial charge on any atom is 0.419 e. The highest BCUT2D eigenvalue weighted by molar-refractivity contribution is 9.08. The molecule has 0 aromatic carbocycles. The molecule has 0 N–H and O–H groups in total. The van der Waals surface area contributed by atoms with E-state index in [1.165, 1.54) is 0 Å². The second-order valence-corrected chi connectivity index (χ2v) is 3.72.